The third-order valence-corrected chi connectivity index (χ3v) is 4.66. The lowest BCUT2D eigenvalue weighted by Crippen LogP contribution is -2.26. The Kier molecular flexibility index (Phi) is 8.02. The molecule has 0 N–H and O–H groups in total. The van der Waals surface area contributed by atoms with E-state index in [0.717, 1.165) is 11.3 Å². The number of ether oxygens (including phenoxy) is 1. The molecule has 3 aromatic carbocycles. The lowest BCUT2D eigenvalue weighted by atomic mass is 10.2. The largest absolute Gasteiger partial charge is 0.466 e. The van der Waals surface area contributed by atoms with E-state index in [1.54, 1.807) is 19.1 Å². The van der Waals surface area contributed by atoms with Crippen LogP contribution in [0.4, 0.5) is 22.7 Å². The fourth-order valence-electron chi connectivity index (χ4n) is 3.05. The quantitative estimate of drug-likeness (QED) is 0.170. The highest BCUT2D eigenvalue weighted by atomic mass is 16.6. The van der Waals surface area contributed by atoms with Crippen molar-refractivity contribution in [1.82, 2.24) is 0 Å². The summed E-state index contributed by atoms with van der Waals surface area (Å²) in [7, 11) is 0. The van der Waals surface area contributed by atoms with Crippen LogP contribution in [0, 0.1) is 10.1 Å². The molecule has 32 heavy (non-hydrogen) atoms. The fourth-order valence-corrected chi connectivity index (χ4v) is 3.05. The molecule has 0 radical (unpaired) electrons. The van der Waals surface area contributed by atoms with Crippen molar-refractivity contribution in [2.75, 3.05) is 18.1 Å². The molecule has 0 aliphatic rings. The summed E-state index contributed by atoms with van der Waals surface area (Å²) in [5.74, 6) is -0.223. The predicted molar refractivity (Wildman–Crippen MR) is 122 cm³/mol. The third-order valence-electron chi connectivity index (χ3n) is 4.66. The van der Waals surface area contributed by atoms with Crippen molar-refractivity contribution in [2.24, 2.45) is 10.2 Å². The summed E-state index contributed by atoms with van der Waals surface area (Å²) in [6, 6.07) is 23.5. The van der Waals surface area contributed by atoms with E-state index >= 15 is 0 Å². The normalized spacial score (nSPS) is 10.8. The molecule has 0 heterocycles. The number of non-ortho nitro benzene ring substituents is 1. The number of carbonyl (C=O) groups excluding carboxylic acids is 1. The zero-order valence-corrected chi connectivity index (χ0v) is 17.8. The second-order valence-electron chi connectivity index (χ2n) is 6.95. The van der Waals surface area contributed by atoms with Crippen LogP contribution in [0.15, 0.2) is 89.1 Å². The maximum Gasteiger partial charge on any atom is 0.307 e. The number of rotatable bonds is 10. The van der Waals surface area contributed by atoms with Gasteiger partial charge in [-0.25, -0.2) is 0 Å². The first-order valence-electron chi connectivity index (χ1n) is 10.3. The second kappa shape index (κ2) is 11.4. The Morgan fingerprint density at radius 3 is 2.09 bits per heavy atom. The maximum atomic E-state index is 11.9. The number of anilines is 1. The van der Waals surface area contributed by atoms with Crippen LogP contribution in [0.25, 0.3) is 0 Å². The van der Waals surface area contributed by atoms with Gasteiger partial charge in [-0.15, -0.1) is 0 Å². The standard InChI is InChI=1S/C24H24N4O4/c1-2-32-24(29)16-17-27(18-19-6-4-3-5-7-19)22-12-8-20(9-13-22)25-26-21-10-14-23(15-11-21)28(30)31/h3-15H,2,16-18H2,1H3. The van der Waals surface area contributed by atoms with E-state index < -0.39 is 4.92 Å². The van der Waals surface area contributed by atoms with Gasteiger partial charge in [0.1, 0.15) is 0 Å². The topological polar surface area (TPSA) is 97.4 Å². The van der Waals surface area contributed by atoms with Gasteiger partial charge in [-0.05, 0) is 48.9 Å². The number of nitro groups is 1. The molecule has 0 aliphatic carbocycles. The number of hydrogen-bond donors (Lipinski definition) is 0. The van der Waals surface area contributed by atoms with Gasteiger partial charge in [0.25, 0.3) is 5.69 Å². The molecule has 8 heteroatoms. The average molecular weight is 432 g/mol. The zero-order chi connectivity index (χ0) is 22.8. The van der Waals surface area contributed by atoms with Crippen LogP contribution in [0.5, 0.6) is 0 Å². The molecule has 0 unspecified atom stereocenters. The molecule has 8 nitrogen and oxygen atoms in total. The Bertz CT molecular complexity index is 1050. The van der Waals surface area contributed by atoms with E-state index in [9.17, 15) is 14.9 Å². The number of benzene rings is 3. The van der Waals surface area contributed by atoms with Gasteiger partial charge in [-0.3, -0.25) is 14.9 Å². The lowest BCUT2D eigenvalue weighted by Gasteiger charge is -2.25. The molecule has 0 atom stereocenters. The molecule has 164 valence electrons. The van der Waals surface area contributed by atoms with Crippen LogP contribution in [-0.2, 0) is 16.1 Å². The number of hydrogen-bond acceptors (Lipinski definition) is 7. The molecule has 3 rings (SSSR count). The molecule has 0 fully saturated rings. The van der Waals surface area contributed by atoms with Gasteiger partial charge in [0.15, 0.2) is 0 Å². The van der Waals surface area contributed by atoms with Crippen LogP contribution in [-0.4, -0.2) is 24.0 Å². The molecular formula is C24H24N4O4. The lowest BCUT2D eigenvalue weighted by molar-refractivity contribution is -0.384. The van der Waals surface area contributed by atoms with Crippen LogP contribution in [0.3, 0.4) is 0 Å². The Labute approximate surface area is 186 Å². The van der Waals surface area contributed by atoms with Crippen LogP contribution < -0.4 is 4.90 Å². The molecular weight excluding hydrogens is 408 g/mol. The first kappa shape index (κ1) is 22.6. The van der Waals surface area contributed by atoms with Crippen molar-refractivity contribution in [2.45, 2.75) is 19.9 Å². The Morgan fingerprint density at radius 1 is 0.938 bits per heavy atom. The molecule has 0 aromatic heterocycles. The van der Waals surface area contributed by atoms with Gasteiger partial charge in [0.05, 0.1) is 29.3 Å². The molecule has 0 amide bonds. The van der Waals surface area contributed by atoms with Crippen molar-refractivity contribution < 1.29 is 14.5 Å². The van der Waals surface area contributed by atoms with Crippen LogP contribution >= 0.6 is 0 Å². The van der Waals surface area contributed by atoms with Gasteiger partial charge in [-0.1, -0.05) is 30.3 Å². The van der Waals surface area contributed by atoms with E-state index in [0.29, 0.717) is 37.5 Å². The van der Waals surface area contributed by atoms with Crippen molar-refractivity contribution in [3.8, 4) is 0 Å². The summed E-state index contributed by atoms with van der Waals surface area (Å²) in [5.41, 5.74) is 3.28. The van der Waals surface area contributed by atoms with Gasteiger partial charge < -0.3 is 9.64 Å². The summed E-state index contributed by atoms with van der Waals surface area (Å²) < 4.78 is 5.06. The van der Waals surface area contributed by atoms with Crippen molar-refractivity contribution in [3.05, 3.63) is 94.5 Å². The van der Waals surface area contributed by atoms with Gasteiger partial charge in [0, 0.05) is 30.9 Å². The summed E-state index contributed by atoms with van der Waals surface area (Å²) in [4.78, 5) is 24.2. The van der Waals surface area contributed by atoms with Gasteiger partial charge in [0.2, 0.25) is 0 Å². The highest BCUT2D eigenvalue weighted by Crippen LogP contribution is 2.25. The van der Waals surface area contributed by atoms with Gasteiger partial charge in [-0.2, -0.15) is 10.2 Å². The van der Waals surface area contributed by atoms with Crippen LogP contribution in [0.2, 0.25) is 0 Å². The minimum atomic E-state index is -0.456. The minimum absolute atomic E-state index is 0.00892. The summed E-state index contributed by atoms with van der Waals surface area (Å²) in [6.45, 7) is 3.34. The first-order chi connectivity index (χ1) is 15.5. The predicted octanol–water partition coefficient (Wildman–Crippen LogP) is 5.97. The highest BCUT2D eigenvalue weighted by Gasteiger charge is 2.11. The molecule has 0 aliphatic heterocycles. The van der Waals surface area contributed by atoms with Crippen molar-refractivity contribution in [3.63, 3.8) is 0 Å². The summed E-state index contributed by atoms with van der Waals surface area (Å²) in [6.07, 6.45) is 0.294. The first-order valence-corrected chi connectivity index (χ1v) is 10.3. The summed E-state index contributed by atoms with van der Waals surface area (Å²) in [5, 5.41) is 19.1. The average Bonchev–Trinajstić information content (AvgIpc) is 2.82. The second-order valence-corrected chi connectivity index (χ2v) is 6.95. The van der Waals surface area contributed by atoms with Crippen molar-refractivity contribution >= 4 is 28.7 Å². The third kappa shape index (κ3) is 6.73. The number of nitro benzene ring substituents is 1. The number of nitrogens with zero attached hydrogens (tertiary/aromatic N) is 4. The molecule has 0 bridgehead atoms. The minimum Gasteiger partial charge on any atom is -0.466 e. The smallest absolute Gasteiger partial charge is 0.307 e. The van der Waals surface area contributed by atoms with E-state index in [-0.39, 0.29) is 11.7 Å². The molecule has 0 saturated carbocycles. The van der Waals surface area contributed by atoms with E-state index in [4.69, 9.17) is 4.74 Å². The fraction of sp³-hybridized carbons (Fsp3) is 0.208. The molecule has 3 aromatic rings. The van der Waals surface area contributed by atoms with E-state index in [1.165, 1.54) is 12.1 Å². The number of azo groups is 1. The van der Waals surface area contributed by atoms with Gasteiger partial charge >= 0.3 is 5.97 Å². The van der Waals surface area contributed by atoms with E-state index in [2.05, 4.69) is 15.1 Å². The SMILES string of the molecule is CCOC(=O)CCN(Cc1ccccc1)c1ccc(N=Nc2ccc([N+](=O)[O-])cc2)cc1. The summed E-state index contributed by atoms with van der Waals surface area (Å²) >= 11 is 0. The Morgan fingerprint density at radius 2 is 1.53 bits per heavy atom. The number of carbonyl (C=O) groups is 1. The zero-order valence-electron chi connectivity index (χ0n) is 17.8. The van der Waals surface area contributed by atoms with E-state index in [1.807, 2.05) is 54.6 Å². The maximum absolute atomic E-state index is 11.9. The Hall–Kier alpha value is -4.07. The number of esters is 1. The Balaban J connectivity index is 1.70. The molecule has 0 saturated heterocycles. The van der Waals surface area contributed by atoms with Crippen LogP contribution in [0.1, 0.15) is 18.9 Å². The highest BCUT2D eigenvalue weighted by molar-refractivity contribution is 5.70. The van der Waals surface area contributed by atoms with Crippen molar-refractivity contribution in [1.29, 1.82) is 0 Å². The molecule has 0 spiro atoms. The monoisotopic (exact) mass is 432 g/mol.